The average molecular weight is 375 g/mol. The van der Waals surface area contributed by atoms with E-state index in [0.717, 1.165) is 10.2 Å². The maximum absolute atomic E-state index is 12.6. The molecule has 1 heterocycles. The monoisotopic (exact) mass is 374 g/mol. The molecule has 3 rings (SSSR count). The standard InChI is InChI=1S/C17H15BrN2O3/c1-10-8-11(21)6-7-15(10)20-16(22)9-14(17(20)23)19-13-5-3-2-4-12(13)18/h2-8,14,19,21H,9H2,1H3. The smallest absolute Gasteiger partial charge is 0.256 e. The van der Waals surface area contributed by atoms with Gasteiger partial charge in [0.05, 0.1) is 12.1 Å². The van der Waals surface area contributed by atoms with Crippen molar-refractivity contribution < 1.29 is 14.7 Å². The Morgan fingerprint density at radius 1 is 1.22 bits per heavy atom. The molecule has 0 aromatic heterocycles. The molecule has 23 heavy (non-hydrogen) atoms. The van der Waals surface area contributed by atoms with Crippen molar-refractivity contribution in [1.29, 1.82) is 0 Å². The molecule has 2 aromatic carbocycles. The molecular weight excluding hydrogens is 360 g/mol. The van der Waals surface area contributed by atoms with E-state index >= 15 is 0 Å². The number of hydrogen-bond donors (Lipinski definition) is 2. The van der Waals surface area contributed by atoms with Crippen LogP contribution in [-0.4, -0.2) is 23.0 Å². The van der Waals surface area contributed by atoms with Gasteiger partial charge in [-0.1, -0.05) is 12.1 Å². The maximum atomic E-state index is 12.6. The van der Waals surface area contributed by atoms with E-state index in [4.69, 9.17) is 0 Å². The van der Waals surface area contributed by atoms with Gasteiger partial charge in [-0.3, -0.25) is 9.59 Å². The Morgan fingerprint density at radius 3 is 2.65 bits per heavy atom. The van der Waals surface area contributed by atoms with Gasteiger partial charge < -0.3 is 10.4 Å². The summed E-state index contributed by atoms with van der Waals surface area (Å²) in [5.41, 5.74) is 1.95. The highest BCUT2D eigenvalue weighted by molar-refractivity contribution is 9.10. The van der Waals surface area contributed by atoms with E-state index in [9.17, 15) is 14.7 Å². The highest BCUT2D eigenvalue weighted by Crippen LogP contribution is 2.31. The number of nitrogens with one attached hydrogen (secondary N) is 1. The number of aromatic hydroxyl groups is 1. The molecule has 0 saturated carbocycles. The second-order valence-electron chi connectivity index (χ2n) is 5.42. The Labute approximate surface area is 142 Å². The molecule has 0 spiro atoms. The van der Waals surface area contributed by atoms with Gasteiger partial charge >= 0.3 is 0 Å². The number of phenols is 1. The Balaban J connectivity index is 1.87. The Bertz CT molecular complexity index is 791. The molecule has 1 aliphatic heterocycles. The molecule has 1 fully saturated rings. The summed E-state index contributed by atoms with van der Waals surface area (Å²) in [4.78, 5) is 26.1. The largest absolute Gasteiger partial charge is 0.508 e. The highest BCUT2D eigenvalue weighted by Gasteiger charge is 2.40. The van der Waals surface area contributed by atoms with E-state index in [2.05, 4.69) is 21.2 Å². The zero-order chi connectivity index (χ0) is 16.6. The van der Waals surface area contributed by atoms with Crippen LogP contribution in [-0.2, 0) is 9.59 Å². The van der Waals surface area contributed by atoms with Crippen LogP contribution in [0.3, 0.4) is 0 Å². The number of rotatable bonds is 3. The number of imide groups is 1. The number of hydrogen-bond acceptors (Lipinski definition) is 4. The molecule has 1 saturated heterocycles. The lowest BCUT2D eigenvalue weighted by molar-refractivity contribution is -0.121. The molecule has 1 aliphatic rings. The van der Waals surface area contributed by atoms with Gasteiger partial charge in [-0.2, -0.15) is 0 Å². The highest BCUT2D eigenvalue weighted by atomic mass is 79.9. The lowest BCUT2D eigenvalue weighted by Gasteiger charge is -2.18. The number of phenolic OH excluding ortho intramolecular Hbond substituents is 1. The third-order valence-electron chi connectivity index (χ3n) is 3.77. The summed E-state index contributed by atoms with van der Waals surface area (Å²) < 4.78 is 0.833. The van der Waals surface area contributed by atoms with E-state index in [-0.39, 0.29) is 24.0 Å². The minimum Gasteiger partial charge on any atom is -0.508 e. The number of anilines is 2. The van der Waals surface area contributed by atoms with Crippen LogP contribution in [0.5, 0.6) is 5.75 Å². The number of amides is 2. The average Bonchev–Trinajstić information content (AvgIpc) is 2.77. The molecule has 2 aromatic rings. The van der Waals surface area contributed by atoms with E-state index in [1.54, 1.807) is 13.0 Å². The summed E-state index contributed by atoms with van der Waals surface area (Å²) in [6, 6.07) is 11.4. The molecule has 1 unspecified atom stereocenters. The predicted molar refractivity (Wildman–Crippen MR) is 91.5 cm³/mol. The zero-order valence-electron chi connectivity index (χ0n) is 12.4. The first-order valence-electron chi connectivity index (χ1n) is 7.15. The number of carbonyl (C=O) groups is 2. The van der Waals surface area contributed by atoms with Gasteiger partial charge in [0.2, 0.25) is 5.91 Å². The molecule has 0 aliphatic carbocycles. The van der Waals surface area contributed by atoms with Gasteiger partial charge in [-0.15, -0.1) is 0 Å². The van der Waals surface area contributed by atoms with Crippen LogP contribution in [0, 0.1) is 6.92 Å². The molecule has 0 radical (unpaired) electrons. The predicted octanol–water partition coefficient (Wildman–Crippen LogP) is 3.21. The third kappa shape index (κ3) is 2.94. The van der Waals surface area contributed by atoms with Crippen molar-refractivity contribution >= 4 is 39.1 Å². The first kappa shape index (κ1) is 15.6. The Morgan fingerprint density at radius 2 is 1.96 bits per heavy atom. The molecule has 6 heteroatoms. The minimum absolute atomic E-state index is 0.0977. The van der Waals surface area contributed by atoms with Crippen LogP contribution in [0.4, 0.5) is 11.4 Å². The summed E-state index contributed by atoms with van der Waals surface area (Å²) in [5, 5.41) is 12.6. The van der Waals surface area contributed by atoms with Crippen LogP contribution < -0.4 is 10.2 Å². The molecule has 0 bridgehead atoms. The molecule has 118 valence electrons. The number of benzene rings is 2. The minimum atomic E-state index is -0.602. The normalized spacial score (nSPS) is 17.7. The fourth-order valence-corrected chi connectivity index (χ4v) is 3.05. The quantitative estimate of drug-likeness (QED) is 0.809. The van der Waals surface area contributed by atoms with Gasteiger partial charge in [0.25, 0.3) is 5.91 Å². The molecule has 5 nitrogen and oxygen atoms in total. The van der Waals surface area contributed by atoms with Crippen LogP contribution in [0.1, 0.15) is 12.0 Å². The first-order valence-corrected chi connectivity index (χ1v) is 7.94. The van der Waals surface area contributed by atoms with Crippen molar-refractivity contribution in [2.24, 2.45) is 0 Å². The van der Waals surface area contributed by atoms with Gasteiger partial charge in [-0.25, -0.2) is 4.90 Å². The topological polar surface area (TPSA) is 69.6 Å². The van der Waals surface area contributed by atoms with Gasteiger partial charge in [0, 0.05) is 10.2 Å². The van der Waals surface area contributed by atoms with Gasteiger partial charge in [0.15, 0.2) is 0 Å². The Kier molecular flexibility index (Phi) is 4.09. The SMILES string of the molecule is Cc1cc(O)ccc1N1C(=O)CC(Nc2ccccc2Br)C1=O. The fourth-order valence-electron chi connectivity index (χ4n) is 2.65. The zero-order valence-corrected chi connectivity index (χ0v) is 14.0. The molecule has 2 amide bonds. The lowest BCUT2D eigenvalue weighted by Crippen LogP contribution is -2.35. The summed E-state index contributed by atoms with van der Waals surface area (Å²) in [7, 11) is 0. The number of para-hydroxylation sites is 1. The fraction of sp³-hybridized carbons (Fsp3) is 0.176. The van der Waals surface area contributed by atoms with E-state index in [1.807, 2.05) is 24.3 Å². The van der Waals surface area contributed by atoms with Crippen molar-refractivity contribution in [3.05, 3.63) is 52.5 Å². The number of carbonyl (C=O) groups excluding carboxylic acids is 2. The maximum Gasteiger partial charge on any atom is 0.256 e. The summed E-state index contributed by atoms with van der Waals surface area (Å²) in [6.07, 6.45) is 0.0977. The number of nitrogens with zero attached hydrogens (tertiary/aromatic N) is 1. The van der Waals surface area contributed by atoms with Crippen LogP contribution in [0.2, 0.25) is 0 Å². The summed E-state index contributed by atoms with van der Waals surface area (Å²) >= 11 is 3.42. The first-order chi connectivity index (χ1) is 11.0. The second-order valence-corrected chi connectivity index (χ2v) is 6.27. The number of aryl methyl sites for hydroxylation is 1. The van der Waals surface area contributed by atoms with Crippen molar-refractivity contribution in [3.8, 4) is 5.75 Å². The number of halogens is 1. The third-order valence-corrected chi connectivity index (χ3v) is 4.46. The van der Waals surface area contributed by atoms with Crippen molar-refractivity contribution in [2.75, 3.05) is 10.2 Å². The molecule has 1 atom stereocenters. The van der Waals surface area contributed by atoms with Crippen LogP contribution >= 0.6 is 15.9 Å². The second kappa shape index (κ2) is 6.04. The van der Waals surface area contributed by atoms with Crippen LogP contribution in [0.15, 0.2) is 46.9 Å². The van der Waals surface area contributed by atoms with Crippen molar-refractivity contribution in [3.63, 3.8) is 0 Å². The Hall–Kier alpha value is -2.34. The van der Waals surface area contributed by atoms with Crippen LogP contribution in [0.25, 0.3) is 0 Å². The molecule has 2 N–H and O–H groups in total. The lowest BCUT2D eigenvalue weighted by atomic mass is 10.1. The van der Waals surface area contributed by atoms with E-state index in [1.165, 1.54) is 17.0 Å². The van der Waals surface area contributed by atoms with Gasteiger partial charge in [-0.05, 0) is 58.7 Å². The summed E-state index contributed by atoms with van der Waals surface area (Å²) in [5.74, 6) is -0.443. The van der Waals surface area contributed by atoms with Gasteiger partial charge in [0.1, 0.15) is 11.8 Å². The van der Waals surface area contributed by atoms with Crippen molar-refractivity contribution in [2.45, 2.75) is 19.4 Å². The molecular formula is C17H15BrN2O3. The van der Waals surface area contributed by atoms with E-state index < -0.39 is 6.04 Å². The van der Waals surface area contributed by atoms with E-state index in [0.29, 0.717) is 11.3 Å². The van der Waals surface area contributed by atoms with Crippen molar-refractivity contribution in [1.82, 2.24) is 0 Å². The summed E-state index contributed by atoms with van der Waals surface area (Å²) in [6.45, 7) is 1.75.